The zero-order chi connectivity index (χ0) is 33.6. The molecule has 0 radical (unpaired) electrons. The van der Waals surface area contributed by atoms with Crippen LogP contribution in [0.5, 0.6) is 5.75 Å². The highest BCUT2D eigenvalue weighted by Gasteiger charge is 2.79. The highest BCUT2D eigenvalue weighted by molar-refractivity contribution is 6.03. The fourth-order valence-electron chi connectivity index (χ4n) is 8.98. The molecule has 5 atom stereocenters. The first-order valence-electron chi connectivity index (χ1n) is 18.0. The van der Waals surface area contributed by atoms with Gasteiger partial charge in [0.15, 0.2) is 0 Å². The molecule has 2 bridgehead atoms. The van der Waals surface area contributed by atoms with Crippen molar-refractivity contribution in [1.82, 2.24) is 9.80 Å². The number of hydrogen-bond donors (Lipinski definition) is 1. The molecule has 5 rings (SSSR count). The summed E-state index contributed by atoms with van der Waals surface area (Å²) in [4.78, 5) is 50.0. The maximum absolute atomic E-state index is 14.9. The Labute approximate surface area is 280 Å². The van der Waals surface area contributed by atoms with Crippen LogP contribution in [0.25, 0.3) is 0 Å². The standard InChI is InChI=1S/C38H55N3O6/c1-5-24-39(29-18-20-30(21-19-29)46-8-4)34(43)31-32-35(44)41(26-14-9-10-15-27-42)33(38(32)23-22-37(31,7-3)47-38)36(45)40(25-6-2)28-16-12-11-13-17-28/h5-6,18-21,28,31-33,42H,1-2,7-17,22-27H2,3-4H3/t31-,32+,33?,37+,38?/m1/s1. The summed E-state index contributed by atoms with van der Waals surface area (Å²) in [6, 6.07) is 6.75. The van der Waals surface area contributed by atoms with E-state index < -0.39 is 29.1 Å². The van der Waals surface area contributed by atoms with Crippen LogP contribution in [0.3, 0.4) is 0 Å². The number of aliphatic hydroxyl groups is 1. The van der Waals surface area contributed by atoms with Crippen molar-refractivity contribution in [2.45, 2.75) is 114 Å². The molecule has 9 nitrogen and oxygen atoms in total. The zero-order valence-corrected chi connectivity index (χ0v) is 28.5. The number of carbonyl (C=O) groups is 3. The van der Waals surface area contributed by atoms with Crippen LogP contribution >= 0.6 is 0 Å². The van der Waals surface area contributed by atoms with Gasteiger partial charge >= 0.3 is 0 Å². The van der Waals surface area contributed by atoms with Gasteiger partial charge in [0.1, 0.15) is 17.4 Å². The molecule has 1 saturated carbocycles. The molecule has 1 aliphatic carbocycles. The fourth-order valence-corrected chi connectivity index (χ4v) is 8.98. The van der Waals surface area contributed by atoms with Crippen LogP contribution in [0.2, 0.25) is 0 Å². The van der Waals surface area contributed by atoms with Crippen LogP contribution in [0.15, 0.2) is 49.6 Å². The Morgan fingerprint density at radius 3 is 2.34 bits per heavy atom. The minimum absolute atomic E-state index is 0.0718. The van der Waals surface area contributed by atoms with E-state index in [4.69, 9.17) is 9.47 Å². The van der Waals surface area contributed by atoms with Crippen molar-refractivity contribution in [2.24, 2.45) is 11.8 Å². The first-order chi connectivity index (χ1) is 22.8. The number of anilines is 1. The second kappa shape index (κ2) is 15.4. The third-order valence-corrected chi connectivity index (χ3v) is 11.1. The molecule has 3 heterocycles. The summed E-state index contributed by atoms with van der Waals surface area (Å²) in [5.41, 5.74) is -1.20. The zero-order valence-electron chi connectivity index (χ0n) is 28.5. The first-order valence-corrected chi connectivity index (χ1v) is 18.0. The molecular weight excluding hydrogens is 594 g/mol. The molecule has 4 fully saturated rings. The van der Waals surface area contributed by atoms with Crippen LogP contribution in [-0.2, 0) is 19.1 Å². The van der Waals surface area contributed by atoms with Crippen molar-refractivity contribution < 1.29 is 29.0 Å². The van der Waals surface area contributed by atoms with E-state index in [9.17, 15) is 19.5 Å². The number of carbonyl (C=O) groups excluding carboxylic acids is 3. The molecule has 3 amide bonds. The lowest BCUT2D eigenvalue weighted by Crippen LogP contribution is -2.58. The lowest BCUT2D eigenvalue weighted by atomic mass is 9.64. The SMILES string of the molecule is C=CCN(C(=O)[C@H]1[C@H]2C(=O)N(CCCCCCO)C(C(=O)N(CC=C)C3CCCCC3)C23CC[C@]1(CC)O3)c1ccc(OCC)cc1. The molecule has 258 valence electrons. The molecule has 1 aromatic carbocycles. The molecule has 2 unspecified atom stereocenters. The number of fused-ring (bicyclic) bond motifs is 1. The smallest absolute Gasteiger partial charge is 0.248 e. The molecule has 9 heteroatoms. The lowest BCUT2D eigenvalue weighted by Gasteiger charge is -2.41. The van der Waals surface area contributed by atoms with E-state index in [0.29, 0.717) is 51.1 Å². The summed E-state index contributed by atoms with van der Waals surface area (Å²) in [6.07, 6.45) is 13.6. The summed E-state index contributed by atoms with van der Waals surface area (Å²) in [5, 5.41) is 9.29. The highest BCUT2D eigenvalue weighted by atomic mass is 16.5. The van der Waals surface area contributed by atoms with Crippen LogP contribution in [-0.4, -0.2) is 88.8 Å². The third kappa shape index (κ3) is 6.50. The van der Waals surface area contributed by atoms with E-state index in [1.54, 1.807) is 22.0 Å². The second-order valence-corrected chi connectivity index (χ2v) is 13.7. The first kappa shape index (κ1) is 35.1. The van der Waals surface area contributed by atoms with Gasteiger partial charge in [-0.3, -0.25) is 14.4 Å². The van der Waals surface area contributed by atoms with Gasteiger partial charge in [0, 0.05) is 38.0 Å². The average molecular weight is 650 g/mol. The van der Waals surface area contributed by atoms with Gasteiger partial charge in [-0.25, -0.2) is 0 Å². The summed E-state index contributed by atoms with van der Waals surface area (Å²) in [6.45, 7) is 13.7. The highest BCUT2D eigenvalue weighted by Crippen LogP contribution is 2.65. The number of benzene rings is 1. The third-order valence-electron chi connectivity index (χ3n) is 11.1. The predicted molar refractivity (Wildman–Crippen MR) is 183 cm³/mol. The summed E-state index contributed by atoms with van der Waals surface area (Å²) < 4.78 is 12.7. The monoisotopic (exact) mass is 649 g/mol. The summed E-state index contributed by atoms with van der Waals surface area (Å²) in [5.74, 6) is -1.14. The Hall–Kier alpha value is -3.17. The number of ether oxygens (including phenoxy) is 2. The van der Waals surface area contributed by atoms with Crippen molar-refractivity contribution in [1.29, 1.82) is 0 Å². The Balaban J connectivity index is 1.53. The van der Waals surface area contributed by atoms with E-state index in [-0.39, 0.29) is 36.9 Å². The number of nitrogens with zero attached hydrogens (tertiary/aromatic N) is 3. The van der Waals surface area contributed by atoms with Gasteiger partial charge in [-0.1, -0.05) is 51.2 Å². The molecule has 1 N–H and O–H groups in total. The Kier molecular flexibility index (Phi) is 11.5. The second-order valence-electron chi connectivity index (χ2n) is 13.7. The Morgan fingerprint density at radius 1 is 1.00 bits per heavy atom. The van der Waals surface area contributed by atoms with Gasteiger partial charge in [-0.2, -0.15) is 0 Å². The normalized spacial score (nSPS) is 28.3. The summed E-state index contributed by atoms with van der Waals surface area (Å²) >= 11 is 0. The van der Waals surface area contributed by atoms with Gasteiger partial charge in [-0.05, 0) is 76.1 Å². The van der Waals surface area contributed by atoms with Crippen molar-refractivity contribution in [3.63, 3.8) is 0 Å². The van der Waals surface area contributed by atoms with E-state index in [1.165, 1.54) is 6.42 Å². The minimum Gasteiger partial charge on any atom is -0.494 e. The molecule has 4 aliphatic rings. The molecule has 3 aliphatic heterocycles. The van der Waals surface area contributed by atoms with Gasteiger partial charge in [0.25, 0.3) is 0 Å². The maximum Gasteiger partial charge on any atom is 0.248 e. The molecule has 3 saturated heterocycles. The number of amides is 3. The van der Waals surface area contributed by atoms with E-state index >= 15 is 0 Å². The fraction of sp³-hybridized carbons (Fsp3) is 0.658. The Morgan fingerprint density at radius 2 is 1.70 bits per heavy atom. The predicted octanol–water partition coefficient (Wildman–Crippen LogP) is 5.66. The van der Waals surface area contributed by atoms with Crippen molar-refractivity contribution in [3.8, 4) is 5.75 Å². The minimum atomic E-state index is -1.07. The van der Waals surface area contributed by atoms with Gasteiger partial charge in [0.05, 0.1) is 24.0 Å². The van der Waals surface area contributed by atoms with Crippen molar-refractivity contribution in [2.75, 3.05) is 37.7 Å². The average Bonchev–Trinajstić information content (AvgIpc) is 3.70. The van der Waals surface area contributed by atoms with Gasteiger partial charge in [0.2, 0.25) is 17.7 Å². The van der Waals surface area contributed by atoms with Crippen molar-refractivity contribution >= 4 is 23.4 Å². The quantitative estimate of drug-likeness (QED) is 0.173. The number of hydrogen-bond acceptors (Lipinski definition) is 6. The maximum atomic E-state index is 14.9. The lowest BCUT2D eigenvalue weighted by molar-refractivity contribution is -0.154. The molecule has 47 heavy (non-hydrogen) atoms. The van der Waals surface area contributed by atoms with Crippen LogP contribution in [0.4, 0.5) is 5.69 Å². The molecular formula is C38H55N3O6. The number of rotatable bonds is 17. The van der Waals surface area contributed by atoms with Crippen LogP contribution in [0.1, 0.15) is 90.9 Å². The van der Waals surface area contributed by atoms with Crippen molar-refractivity contribution in [3.05, 3.63) is 49.6 Å². The van der Waals surface area contributed by atoms with Gasteiger partial charge in [-0.15, -0.1) is 13.2 Å². The van der Waals surface area contributed by atoms with E-state index in [1.807, 2.05) is 43.0 Å². The number of unbranched alkanes of at least 4 members (excludes halogenated alkanes) is 3. The van der Waals surface area contributed by atoms with E-state index in [0.717, 1.165) is 50.7 Å². The largest absolute Gasteiger partial charge is 0.494 e. The van der Waals surface area contributed by atoms with Gasteiger partial charge < -0.3 is 29.3 Å². The molecule has 1 spiro atoms. The Bertz CT molecular complexity index is 1280. The number of likely N-dealkylation sites (tertiary alicyclic amines) is 1. The summed E-state index contributed by atoms with van der Waals surface area (Å²) in [7, 11) is 0. The number of aliphatic hydroxyl groups excluding tert-OH is 1. The molecule has 0 aromatic heterocycles. The van der Waals surface area contributed by atoms with E-state index in [2.05, 4.69) is 13.2 Å². The van der Waals surface area contributed by atoms with Crippen LogP contribution in [0, 0.1) is 11.8 Å². The van der Waals surface area contributed by atoms with Crippen LogP contribution < -0.4 is 9.64 Å². The molecule has 1 aromatic rings. The topological polar surface area (TPSA) is 99.6 Å².